The first-order valence-electron chi connectivity index (χ1n) is 11.8. The summed E-state index contributed by atoms with van der Waals surface area (Å²) in [5, 5.41) is 0. The van der Waals surface area contributed by atoms with Crippen molar-refractivity contribution in [3.05, 3.63) is 107 Å². The molecule has 3 aromatic carbocycles. The fourth-order valence-electron chi connectivity index (χ4n) is 11.6. The number of hydrogen-bond donors (Lipinski definition) is 0. The van der Waals surface area contributed by atoms with Gasteiger partial charge < -0.3 is 4.74 Å². The maximum atomic E-state index is 7.72. The van der Waals surface area contributed by atoms with Crippen LogP contribution >= 0.6 is 0 Å². The predicted molar refractivity (Wildman–Crippen MR) is 112 cm³/mol. The predicted octanol–water partition coefficient (Wildman–Crippen LogP) is 5.35. The van der Waals surface area contributed by atoms with Crippen molar-refractivity contribution in [1.29, 1.82) is 0 Å². The van der Waals surface area contributed by atoms with Gasteiger partial charge in [0.05, 0.1) is 0 Å². The van der Waals surface area contributed by atoms with Gasteiger partial charge in [0.2, 0.25) is 0 Å². The van der Waals surface area contributed by atoms with Gasteiger partial charge in [-0.05, 0) is 64.2 Å². The lowest BCUT2D eigenvalue weighted by Gasteiger charge is -2.42. The van der Waals surface area contributed by atoms with E-state index < -0.39 is 0 Å². The van der Waals surface area contributed by atoms with E-state index in [0.29, 0.717) is 10.8 Å². The SMILES string of the molecule is c1ccc([C@@]23O[C@@](c4ccccc4)(c4ccccc42)C24[C@@H]5C6CC([C@@H]7[C@H]6C723)[C@@H]54)cc1. The van der Waals surface area contributed by atoms with E-state index in [1.165, 1.54) is 28.7 Å². The van der Waals surface area contributed by atoms with Gasteiger partial charge in [-0.15, -0.1) is 0 Å². The van der Waals surface area contributed by atoms with Crippen molar-refractivity contribution < 1.29 is 4.74 Å². The van der Waals surface area contributed by atoms with Gasteiger partial charge in [0.25, 0.3) is 0 Å². The highest BCUT2D eigenvalue weighted by atomic mass is 16.5. The molecule has 7 fully saturated rings. The zero-order valence-corrected chi connectivity index (χ0v) is 16.7. The molecule has 11 rings (SSSR count). The number of fused-ring (bicyclic) bond motifs is 5. The molecule has 6 aliphatic carbocycles. The Morgan fingerprint density at radius 3 is 1.37 bits per heavy atom. The molecule has 1 saturated heterocycles. The van der Waals surface area contributed by atoms with Crippen LogP contribution in [0.2, 0.25) is 0 Å². The first kappa shape index (κ1) is 14.6. The molecule has 3 aromatic rings. The molecule has 2 heterocycles. The molecule has 4 bridgehead atoms. The van der Waals surface area contributed by atoms with Gasteiger partial charge in [-0.1, -0.05) is 84.9 Å². The second kappa shape index (κ2) is 3.82. The first-order chi connectivity index (χ1) is 14.9. The zero-order chi connectivity index (χ0) is 19.1. The van der Waals surface area contributed by atoms with Gasteiger partial charge in [0.15, 0.2) is 0 Å². The Labute approximate surface area is 176 Å². The second-order valence-corrected chi connectivity index (χ2v) is 11.1. The van der Waals surface area contributed by atoms with Crippen molar-refractivity contribution in [2.45, 2.75) is 17.6 Å². The Morgan fingerprint density at radius 1 is 0.533 bits per heavy atom. The van der Waals surface area contributed by atoms with E-state index in [2.05, 4.69) is 84.9 Å². The normalized spacial score (nSPS) is 54.9. The molecule has 8 aliphatic rings. The van der Waals surface area contributed by atoms with Gasteiger partial charge in [-0.2, -0.15) is 0 Å². The van der Waals surface area contributed by atoms with Crippen molar-refractivity contribution in [1.82, 2.24) is 0 Å². The summed E-state index contributed by atoms with van der Waals surface area (Å²) in [6.07, 6.45) is 1.51. The van der Waals surface area contributed by atoms with Crippen molar-refractivity contribution in [3.63, 3.8) is 0 Å². The topological polar surface area (TPSA) is 9.23 Å². The van der Waals surface area contributed by atoms with Gasteiger partial charge in [0, 0.05) is 10.8 Å². The molecule has 2 spiro atoms. The Hall–Kier alpha value is -2.38. The van der Waals surface area contributed by atoms with Crippen LogP contribution < -0.4 is 0 Å². The number of rotatable bonds is 2. The smallest absolute Gasteiger partial charge is 0.127 e. The average molecular weight is 386 g/mol. The van der Waals surface area contributed by atoms with E-state index in [9.17, 15) is 0 Å². The van der Waals surface area contributed by atoms with Gasteiger partial charge in [-0.25, -0.2) is 0 Å². The Kier molecular flexibility index (Phi) is 1.86. The highest BCUT2D eigenvalue weighted by molar-refractivity contribution is 5.72. The largest absolute Gasteiger partial charge is 0.348 e. The van der Waals surface area contributed by atoms with Gasteiger partial charge >= 0.3 is 0 Å². The Bertz CT molecular complexity index is 1190. The quantitative estimate of drug-likeness (QED) is 0.577. The molecule has 4 unspecified atom stereocenters. The van der Waals surface area contributed by atoms with Crippen LogP contribution in [0, 0.1) is 46.3 Å². The molecule has 1 heteroatoms. The molecule has 2 aliphatic heterocycles. The van der Waals surface area contributed by atoms with Gasteiger partial charge in [-0.3, -0.25) is 0 Å². The number of benzene rings is 3. The van der Waals surface area contributed by atoms with E-state index >= 15 is 0 Å². The van der Waals surface area contributed by atoms with Gasteiger partial charge in [0.1, 0.15) is 11.2 Å². The lowest BCUT2D eigenvalue weighted by atomic mass is 9.56. The Morgan fingerprint density at radius 2 is 0.933 bits per heavy atom. The molecular formula is C29H22O. The summed E-state index contributed by atoms with van der Waals surface area (Å²) >= 11 is 0. The van der Waals surface area contributed by atoms with Crippen molar-refractivity contribution in [3.8, 4) is 0 Å². The summed E-state index contributed by atoms with van der Waals surface area (Å²) in [5.41, 5.74) is 5.94. The minimum absolute atomic E-state index is 0.257. The van der Waals surface area contributed by atoms with Crippen molar-refractivity contribution in [2.75, 3.05) is 0 Å². The number of hydrogen-bond acceptors (Lipinski definition) is 1. The molecule has 10 atom stereocenters. The van der Waals surface area contributed by atoms with E-state index in [4.69, 9.17) is 4.74 Å². The summed E-state index contributed by atoms with van der Waals surface area (Å²) in [6, 6.07) is 32.0. The maximum Gasteiger partial charge on any atom is 0.127 e. The molecule has 0 aromatic heterocycles. The van der Waals surface area contributed by atoms with Crippen LogP contribution in [0.4, 0.5) is 0 Å². The summed E-state index contributed by atoms with van der Waals surface area (Å²) in [7, 11) is 0. The summed E-state index contributed by atoms with van der Waals surface area (Å²) in [5.74, 6) is 5.53. The van der Waals surface area contributed by atoms with E-state index in [1.54, 1.807) is 0 Å². The fraction of sp³-hybridized carbons (Fsp3) is 0.379. The lowest BCUT2D eigenvalue weighted by molar-refractivity contribution is -0.0751. The number of ether oxygens (including phenoxy) is 1. The summed E-state index contributed by atoms with van der Waals surface area (Å²) in [4.78, 5) is 0. The standard InChI is InChI=1S/C29H22O/c1-3-9-16(10-4-1)28-20-13-7-8-14-21(20)29(30-28,17-11-5-2-6-12-17)27-24-18-15-19(25(24)27)23-22(18)26(23,27)28/h1-14,18-19,22-25H,15H2/t18?,19?,22-,23+,24+,25-,26?,27?,28-,29+. The first-order valence-corrected chi connectivity index (χ1v) is 11.8. The van der Waals surface area contributed by atoms with Crippen LogP contribution in [-0.2, 0) is 15.9 Å². The third kappa shape index (κ3) is 0.924. The molecule has 30 heavy (non-hydrogen) atoms. The van der Waals surface area contributed by atoms with Crippen LogP contribution in [0.1, 0.15) is 28.7 Å². The third-order valence-electron chi connectivity index (χ3n) is 11.3. The van der Waals surface area contributed by atoms with Crippen LogP contribution in [0.25, 0.3) is 0 Å². The van der Waals surface area contributed by atoms with Crippen LogP contribution in [0.3, 0.4) is 0 Å². The molecule has 6 saturated carbocycles. The van der Waals surface area contributed by atoms with Crippen molar-refractivity contribution in [2.24, 2.45) is 46.3 Å². The molecule has 1 nitrogen and oxygen atoms in total. The minimum atomic E-state index is -0.257. The maximum absolute atomic E-state index is 7.72. The van der Waals surface area contributed by atoms with E-state index in [0.717, 1.165) is 35.5 Å². The van der Waals surface area contributed by atoms with E-state index in [1.807, 2.05) is 0 Å². The zero-order valence-electron chi connectivity index (χ0n) is 16.7. The highest BCUT2D eigenvalue weighted by Crippen LogP contribution is 3.14. The fourth-order valence-corrected chi connectivity index (χ4v) is 11.6. The molecule has 0 N–H and O–H groups in total. The van der Waals surface area contributed by atoms with Crippen LogP contribution in [-0.4, -0.2) is 0 Å². The van der Waals surface area contributed by atoms with Crippen molar-refractivity contribution >= 4 is 0 Å². The monoisotopic (exact) mass is 386 g/mol. The third-order valence-corrected chi connectivity index (χ3v) is 11.3. The summed E-state index contributed by atoms with van der Waals surface area (Å²) in [6.45, 7) is 0. The lowest BCUT2D eigenvalue weighted by Crippen LogP contribution is -2.44. The summed E-state index contributed by atoms with van der Waals surface area (Å²) < 4.78 is 7.72. The average Bonchev–Trinajstić information content (AvgIpc) is 3.37. The molecular weight excluding hydrogens is 364 g/mol. The van der Waals surface area contributed by atoms with Crippen LogP contribution in [0.15, 0.2) is 84.9 Å². The Balaban J connectivity index is 1.42. The van der Waals surface area contributed by atoms with E-state index in [-0.39, 0.29) is 11.2 Å². The second-order valence-electron chi connectivity index (χ2n) is 11.1. The molecule has 0 amide bonds. The minimum Gasteiger partial charge on any atom is -0.348 e. The van der Waals surface area contributed by atoms with Crippen LogP contribution in [0.5, 0.6) is 0 Å². The highest BCUT2D eigenvalue weighted by Gasteiger charge is 3.14. The molecule has 144 valence electrons. The molecule has 0 radical (unpaired) electrons.